The van der Waals surface area contributed by atoms with E-state index in [9.17, 15) is 4.79 Å². The Morgan fingerprint density at radius 2 is 1.38 bits per heavy atom. The van der Waals surface area contributed by atoms with Crippen LogP contribution in [0.5, 0.6) is 5.75 Å². The van der Waals surface area contributed by atoms with Crippen LogP contribution in [0.15, 0.2) is 36.4 Å². The summed E-state index contributed by atoms with van der Waals surface area (Å²) in [6, 6.07) is 7.52. The quantitative estimate of drug-likeness (QED) is 0.151. The third kappa shape index (κ3) is 15.9. The maximum atomic E-state index is 12.2. The van der Waals surface area contributed by atoms with Crippen LogP contribution in [0.4, 0.5) is 5.69 Å². The summed E-state index contributed by atoms with van der Waals surface area (Å²) in [4.78, 5) is 12.2. The lowest BCUT2D eigenvalue weighted by Crippen LogP contribution is -2.28. The molecule has 0 fully saturated rings. The van der Waals surface area contributed by atoms with Gasteiger partial charge in [-0.3, -0.25) is 4.79 Å². The number of carbonyl (C=O) groups excluding carboxylic acids is 1. The van der Waals surface area contributed by atoms with Gasteiger partial charge in [0.05, 0.1) is 12.2 Å². The van der Waals surface area contributed by atoms with Crippen LogP contribution in [0.25, 0.3) is 0 Å². The Morgan fingerprint density at radius 3 is 1.94 bits per heavy atom. The highest BCUT2D eigenvalue weighted by Gasteiger charge is 2.07. The molecule has 0 bridgehead atoms. The summed E-state index contributed by atoms with van der Waals surface area (Å²) in [5, 5.41) is 6.18. The number of anilines is 1. The van der Waals surface area contributed by atoms with E-state index in [1.54, 1.807) is 0 Å². The molecule has 32 heavy (non-hydrogen) atoms. The Morgan fingerprint density at radius 1 is 0.844 bits per heavy atom. The molecule has 0 radical (unpaired) electrons. The zero-order valence-electron chi connectivity index (χ0n) is 20.9. The van der Waals surface area contributed by atoms with Gasteiger partial charge in [-0.15, -0.1) is 0 Å². The summed E-state index contributed by atoms with van der Waals surface area (Å²) in [5.74, 6) is 0.637. The van der Waals surface area contributed by atoms with Gasteiger partial charge in [-0.25, -0.2) is 0 Å². The van der Waals surface area contributed by atoms with Crippen LogP contribution in [0, 0.1) is 0 Å². The Kier molecular flexibility index (Phi) is 17.5. The van der Waals surface area contributed by atoms with Crippen molar-refractivity contribution in [2.24, 2.45) is 0 Å². The molecule has 0 atom stereocenters. The van der Waals surface area contributed by atoms with Gasteiger partial charge in [-0.1, -0.05) is 109 Å². The number of para-hydroxylation sites is 2. The Hall–Kier alpha value is -1.81. The van der Waals surface area contributed by atoms with Gasteiger partial charge in [-0.05, 0) is 37.6 Å². The molecular formula is C28H48N2O2. The Labute approximate surface area is 197 Å². The van der Waals surface area contributed by atoms with E-state index in [1.807, 2.05) is 31.2 Å². The highest BCUT2D eigenvalue weighted by atomic mass is 16.5. The second-order valence-corrected chi connectivity index (χ2v) is 9.06. The number of benzene rings is 1. The molecule has 1 aromatic carbocycles. The summed E-state index contributed by atoms with van der Waals surface area (Å²) in [6.07, 6.45) is 19.1. The van der Waals surface area contributed by atoms with Crippen molar-refractivity contribution in [3.63, 3.8) is 0 Å². The van der Waals surface area contributed by atoms with Crippen molar-refractivity contribution in [3.8, 4) is 5.75 Å². The van der Waals surface area contributed by atoms with Gasteiger partial charge >= 0.3 is 0 Å². The van der Waals surface area contributed by atoms with Crippen LogP contribution < -0.4 is 15.4 Å². The SMILES string of the molecule is C=C(C)COc1ccccc1NC(=O)CNCCCCCCCCCCCCCCCC. The number of hydrogen-bond donors (Lipinski definition) is 2. The summed E-state index contributed by atoms with van der Waals surface area (Å²) in [7, 11) is 0. The van der Waals surface area contributed by atoms with Crippen molar-refractivity contribution in [2.75, 3.05) is 25.0 Å². The molecule has 0 saturated carbocycles. The molecule has 1 rings (SSSR count). The molecule has 0 spiro atoms. The van der Waals surface area contributed by atoms with Crippen LogP contribution in [0.1, 0.15) is 104 Å². The molecule has 1 aromatic rings. The standard InChI is InChI=1S/C28H48N2O2/c1-4-5-6-7-8-9-10-11-12-13-14-15-16-19-22-29-23-28(31)30-26-20-17-18-21-27(26)32-24-25(2)3/h17-18,20-21,29H,2,4-16,19,22-24H2,1,3H3,(H,30,31). The normalized spacial score (nSPS) is 10.8. The summed E-state index contributed by atoms with van der Waals surface area (Å²) in [5.41, 5.74) is 1.65. The zero-order valence-corrected chi connectivity index (χ0v) is 20.9. The largest absolute Gasteiger partial charge is 0.487 e. The first-order chi connectivity index (χ1) is 15.6. The van der Waals surface area contributed by atoms with Crippen molar-refractivity contribution in [2.45, 2.75) is 104 Å². The second-order valence-electron chi connectivity index (χ2n) is 9.06. The lowest BCUT2D eigenvalue weighted by Gasteiger charge is -2.12. The molecule has 4 nitrogen and oxygen atoms in total. The van der Waals surface area contributed by atoms with Crippen LogP contribution in [-0.2, 0) is 4.79 Å². The predicted octanol–water partition coefficient (Wildman–Crippen LogP) is 7.65. The third-order valence-corrected chi connectivity index (χ3v) is 5.63. The molecule has 2 N–H and O–H groups in total. The monoisotopic (exact) mass is 444 g/mol. The van der Waals surface area contributed by atoms with Crippen molar-refractivity contribution < 1.29 is 9.53 Å². The van der Waals surface area contributed by atoms with Crippen molar-refractivity contribution in [3.05, 3.63) is 36.4 Å². The molecule has 0 saturated heterocycles. The predicted molar refractivity (Wildman–Crippen MR) is 139 cm³/mol. The van der Waals surface area contributed by atoms with Gasteiger partial charge in [0.25, 0.3) is 0 Å². The van der Waals surface area contributed by atoms with Gasteiger partial charge < -0.3 is 15.4 Å². The lowest BCUT2D eigenvalue weighted by atomic mass is 10.0. The molecule has 4 heteroatoms. The van der Waals surface area contributed by atoms with Gasteiger partial charge in [-0.2, -0.15) is 0 Å². The molecule has 0 unspecified atom stereocenters. The first kappa shape index (κ1) is 28.2. The molecular weight excluding hydrogens is 396 g/mol. The summed E-state index contributed by atoms with van der Waals surface area (Å²) >= 11 is 0. The molecule has 1 amide bonds. The number of amides is 1. The highest BCUT2D eigenvalue weighted by molar-refractivity contribution is 5.93. The Bertz CT molecular complexity index is 615. The average molecular weight is 445 g/mol. The van der Waals surface area contributed by atoms with E-state index < -0.39 is 0 Å². The van der Waals surface area contributed by atoms with E-state index >= 15 is 0 Å². The van der Waals surface area contributed by atoms with Gasteiger partial charge in [0, 0.05) is 0 Å². The maximum Gasteiger partial charge on any atom is 0.238 e. The van der Waals surface area contributed by atoms with Crippen molar-refractivity contribution in [1.29, 1.82) is 0 Å². The van der Waals surface area contributed by atoms with Crippen molar-refractivity contribution >= 4 is 11.6 Å². The molecule has 0 heterocycles. The minimum atomic E-state index is -0.0401. The fourth-order valence-electron chi connectivity index (χ4n) is 3.74. The van der Waals surface area contributed by atoms with E-state index in [-0.39, 0.29) is 5.91 Å². The van der Waals surface area contributed by atoms with Crippen LogP contribution in [0.3, 0.4) is 0 Å². The van der Waals surface area contributed by atoms with Crippen LogP contribution in [-0.4, -0.2) is 25.6 Å². The van der Waals surface area contributed by atoms with Gasteiger partial charge in [0.15, 0.2) is 0 Å². The fraction of sp³-hybridized carbons (Fsp3) is 0.679. The van der Waals surface area contributed by atoms with Crippen LogP contribution in [0.2, 0.25) is 0 Å². The number of carbonyl (C=O) groups is 1. The number of rotatable bonds is 21. The molecule has 0 aromatic heterocycles. The lowest BCUT2D eigenvalue weighted by molar-refractivity contribution is -0.115. The van der Waals surface area contributed by atoms with Gasteiger partial charge in [0.1, 0.15) is 12.4 Å². The highest BCUT2D eigenvalue weighted by Crippen LogP contribution is 2.24. The molecule has 0 aliphatic carbocycles. The van der Waals surface area contributed by atoms with E-state index in [2.05, 4.69) is 24.1 Å². The second kappa shape index (κ2) is 19.8. The number of unbranched alkanes of at least 4 members (excludes halogenated alkanes) is 13. The maximum absolute atomic E-state index is 12.2. The van der Waals surface area contributed by atoms with Crippen LogP contribution >= 0.6 is 0 Å². The van der Waals surface area contributed by atoms with E-state index in [0.29, 0.717) is 24.6 Å². The molecule has 0 aliphatic rings. The topological polar surface area (TPSA) is 50.4 Å². The fourth-order valence-corrected chi connectivity index (χ4v) is 3.74. The summed E-state index contributed by atoms with van der Waals surface area (Å²) in [6.45, 7) is 9.71. The summed E-state index contributed by atoms with van der Waals surface area (Å²) < 4.78 is 5.70. The van der Waals surface area contributed by atoms with Crippen molar-refractivity contribution in [1.82, 2.24) is 5.32 Å². The first-order valence-electron chi connectivity index (χ1n) is 13.0. The van der Waals surface area contributed by atoms with E-state index in [4.69, 9.17) is 4.74 Å². The minimum absolute atomic E-state index is 0.0401. The van der Waals surface area contributed by atoms with E-state index in [0.717, 1.165) is 18.5 Å². The minimum Gasteiger partial charge on any atom is -0.487 e. The number of hydrogen-bond acceptors (Lipinski definition) is 3. The van der Waals surface area contributed by atoms with E-state index in [1.165, 1.54) is 83.5 Å². The number of nitrogens with one attached hydrogen (secondary N) is 2. The molecule has 0 aliphatic heterocycles. The molecule has 182 valence electrons. The third-order valence-electron chi connectivity index (χ3n) is 5.63. The first-order valence-corrected chi connectivity index (χ1v) is 13.0. The average Bonchev–Trinajstić information content (AvgIpc) is 2.78. The smallest absolute Gasteiger partial charge is 0.238 e. The number of ether oxygens (including phenoxy) is 1. The Balaban J connectivity index is 1.94. The van der Waals surface area contributed by atoms with Gasteiger partial charge in [0.2, 0.25) is 5.91 Å². The zero-order chi connectivity index (χ0) is 23.3.